The van der Waals surface area contributed by atoms with E-state index in [0.717, 1.165) is 36.3 Å². The number of nitrogens with one attached hydrogen (secondary N) is 1. The van der Waals surface area contributed by atoms with Crippen molar-refractivity contribution in [3.8, 4) is 11.8 Å². The van der Waals surface area contributed by atoms with Gasteiger partial charge in [-0.1, -0.05) is 11.8 Å². The van der Waals surface area contributed by atoms with Crippen molar-refractivity contribution in [2.45, 2.75) is 38.7 Å². The van der Waals surface area contributed by atoms with Crippen molar-refractivity contribution in [1.82, 2.24) is 5.32 Å². The molecule has 1 aromatic heterocycles. The number of hydrogen-bond donors (Lipinski definition) is 2. The molecule has 2 rings (SSSR count). The fourth-order valence-corrected chi connectivity index (χ4v) is 3.27. The molecule has 0 aromatic carbocycles. The van der Waals surface area contributed by atoms with E-state index in [1.54, 1.807) is 0 Å². The molecule has 0 saturated carbocycles. The topological polar surface area (TPSA) is 58.6 Å². The standard InChI is InChI=1S/C16H21NO3S/c1-12-11-15(21-14(12)6-4-9-18)16(19)17-8-7-13-5-2-3-10-20-13/h11,13,18H,2-3,5,7-10H2,1H3,(H,17,19). The van der Waals surface area contributed by atoms with Gasteiger partial charge in [-0.15, -0.1) is 11.3 Å². The fraction of sp³-hybridized carbons (Fsp3) is 0.562. The Morgan fingerprint density at radius 1 is 1.57 bits per heavy atom. The molecule has 2 heterocycles. The second kappa shape index (κ2) is 8.18. The summed E-state index contributed by atoms with van der Waals surface area (Å²) in [4.78, 5) is 13.6. The normalized spacial score (nSPS) is 17.9. The number of amides is 1. The molecular weight excluding hydrogens is 286 g/mol. The molecule has 2 N–H and O–H groups in total. The van der Waals surface area contributed by atoms with Crippen LogP contribution >= 0.6 is 11.3 Å². The van der Waals surface area contributed by atoms with Crippen LogP contribution in [0.5, 0.6) is 0 Å². The van der Waals surface area contributed by atoms with Crippen LogP contribution in [-0.4, -0.2) is 36.9 Å². The quantitative estimate of drug-likeness (QED) is 0.838. The van der Waals surface area contributed by atoms with E-state index in [1.165, 1.54) is 17.8 Å². The molecule has 1 aromatic rings. The van der Waals surface area contributed by atoms with E-state index in [9.17, 15) is 4.79 Å². The first-order valence-electron chi connectivity index (χ1n) is 7.30. The zero-order valence-corrected chi connectivity index (χ0v) is 13.1. The summed E-state index contributed by atoms with van der Waals surface area (Å²) in [6, 6.07) is 1.85. The van der Waals surface area contributed by atoms with Crippen LogP contribution in [0.25, 0.3) is 0 Å². The summed E-state index contributed by atoms with van der Waals surface area (Å²) in [6.07, 6.45) is 4.61. The van der Waals surface area contributed by atoms with E-state index in [2.05, 4.69) is 17.2 Å². The molecule has 114 valence electrons. The highest BCUT2D eigenvalue weighted by Crippen LogP contribution is 2.21. The van der Waals surface area contributed by atoms with Crippen LogP contribution in [0, 0.1) is 18.8 Å². The van der Waals surface area contributed by atoms with Gasteiger partial charge in [0.05, 0.1) is 15.9 Å². The van der Waals surface area contributed by atoms with Crippen molar-refractivity contribution in [3.05, 3.63) is 21.4 Å². The molecule has 0 radical (unpaired) electrons. The molecule has 0 bridgehead atoms. The van der Waals surface area contributed by atoms with Crippen LogP contribution < -0.4 is 5.32 Å². The minimum absolute atomic E-state index is 0.0593. The van der Waals surface area contributed by atoms with E-state index in [1.807, 2.05) is 13.0 Å². The Morgan fingerprint density at radius 3 is 3.14 bits per heavy atom. The summed E-state index contributed by atoms with van der Waals surface area (Å²) in [6.45, 7) is 3.23. The smallest absolute Gasteiger partial charge is 0.261 e. The van der Waals surface area contributed by atoms with Crippen LogP contribution in [0.2, 0.25) is 0 Å². The number of carbonyl (C=O) groups is 1. The molecule has 4 nitrogen and oxygen atoms in total. The summed E-state index contributed by atoms with van der Waals surface area (Å²) < 4.78 is 5.64. The lowest BCUT2D eigenvalue weighted by Crippen LogP contribution is -2.29. The SMILES string of the molecule is Cc1cc(C(=O)NCCC2CCCCO2)sc1C#CCO. The highest BCUT2D eigenvalue weighted by atomic mass is 32.1. The summed E-state index contributed by atoms with van der Waals surface area (Å²) >= 11 is 1.37. The average molecular weight is 307 g/mol. The Labute approximate surface area is 129 Å². The predicted molar refractivity (Wildman–Crippen MR) is 83.6 cm³/mol. The summed E-state index contributed by atoms with van der Waals surface area (Å²) in [7, 11) is 0. The van der Waals surface area contributed by atoms with Crippen LogP contribution in [0.4, 0.5) is 0 Å². The van der Waals surface area contributed by atoms with E-state index in [0.29, 0.717) is 11.4 Å². The van der Waals surface area contributed by atoms with Crippen molar-refractivity contribution >= 4 is 17.2 Å². The van der Waals surface area contributed by atoms with Gasteiger partial charge in [0, 0.05) is 13.2 Å². The van der Waals surface area contributed by atoms with Gasteiger partial charge in [-0.25, -0.2) is 0 Å². The van der Waals surface area contributed by atoms with Gasteiger partial charge in [0.1, 0.15) is 6.61 Å². The summed E-state index contributed by atoms with van der Waals surface area (Å²) in [5, 5.41) is 11.7. The number of hydrogen-bond acceptors (Lipinski definition) is 4. The summed E-state index contributed by atoms with van der Waals surface area (Å²) in [5.41, 5.74) is 0.974. The van der Waals surface area contributed by atoms with Gasteiger partial charge in [0.2, 0.25) is 0 Å². The highest BCUT2D eigenvalue weighted by molar-refractivity contribution is 7.14. The number of thiophene rings is 1. The van der Waals surface area contributed by atoms with Crippen molar-refractivity contribution in [1.29, 1.82) is 0 Å². The number of rotatable bonds is 4. The maximum absolute atomic E-state index is 12.1. The molecule has 1 aliphatic rings. The Balaban J connectivity index is 1.82. The van der Waals surface area contributed by atoms with Crippen LogP contribution in [0.15, 0.2) is 6.07 Å². The average Bonchev–Trinajstić information content (AvgIpc) is 2.87. The zero-order chi connectivity index (χ0) is 15.1. The molecular formula is C16H21NO3S. The van der Waals surface area contributed by atoms with Crippen LogP contribution in [0.1, 0.15) is 45.8 Å². The third-order valence-corrected chi connectivity index (χ3v) is 4.60. The first-order valence-corrected chi connectivity index (χ1v) is 8.12. The molecule has 1 amide bonds. The lowest BCUT2D eigenvalue weighted by atomic mass is 10.1. The molecule has 5 heteroatoms. The third-order valence-electron chi connectivity index (χ3n) is 3.45. The van der Waals surface area contributed by atoms with Gasteiger partial charge in [0.25, 0.3) is 5.91 Å². The number of ether oxygens (including phenoxy) is 1. The Kier molecular flexibility index (Phi) is 6.24. The lowest BCUT2D eigenvalue weighted by Gasteiger charge is -2.22. The second-order valence-electron chi connectivity index (χ2n) is 5.12. The van der Waals surface area contributed by atoms with Gasteiger partial charge < -0.3 is 15.2 Å². The first kappa shape index (κ1) is 16.0. The van der Waals surface area contributed by atoms with Crippen molar-refractivity contribution < 1.29 is 14.6 Å². The van der Waals surface area contributed by atoms with Gasteiger partial charge in [0.15, 0.2) is 0 Å². The number of aryl methyl sites for hydroxylation is 1. The lowest BCUT2D eigenvalue weighted by molar-refractivity contribution is 0.0117. The second-order valence-corrected chi connectivity index (χ2v) is 6.17. The third kappa shape index (κ3) is 4.85. The van der Waals surface area contributed by atoms with Crippen molar-refractivity contribution in [2.24, 2.45) is 0 Å². The minimum atomic E-state index is -0.166. The highest BCUT2D eigenvalue weighted by Gasteiger charge is 2.15. The Morgan fingerprint density at radius 2 is 2.43 bits per heavy atom. The predicted octanol–water partition coefficient (Wildman–Crippen LogP) is 2.09. The molecule has 0 spiro atoms. The van der Waals surface area contributed by atoms with E-state index in [-0.39, 0.29) is 18.6 Å². The maximum Gasteiger partial charge on any atom is 0.261 e. The van der Waals surface area contributed by atoms with E-state index < -0.39 is 0 Å². The number of aliphatic hydroxyl groups is 1. The fourth-order valence-electron chi connectivity index (χ4n) is 2.31. The largest absolute Gasteiger partial charge is 0.384 e. The van der Waals surface area contributed by atoms with Crippen LogP contribution in [-0.2, 0) is 4.74 Å². The van der Waals surface area contributed by atoms with Gasteiger partial charge in [-0.2, -0.15) is 0 Å². The van der Waals surface area contributed by atoms with Gasteiger partial charge in [-0.05, 0) is 44.2 Å². The van der Waals surface area contributed by atoms with Crippen molar-refractivity contribution in [2.75, 3.05) is 19.8 Å². The molecule has 0 aliphatic carbocycles. The molecule has 1 aliphatic heterocycles. The molecule has 1 atom stereocenters. The van der Waals surface area contributed by atoms with Crippen molar-refractivity contribution in [3.63, 3.8) is 0 Å². The summed E-state index contributed by atoms with van der Waals surface area (Å²) in [5.74, 6) is 5.42. The van der Waals surface area contributed by atoms with Gasteiger partial charge >= 0.3 is 0 Å². The molecule has 21 heavy (non-hydrogen) atoms. The van der Waals surface area contributed by atoms with Crippen LogP contribution in [0.3, 0.4) is 0 Å². The van der Waals surface area contributed by atoms with E-state index in [4.69, 9.17) is 9.84 Å². The number of aliphatic hydroxyl groups excluding tert-OH is 1. The molecule has 1 unspecified atom stereocenters. The minimum Gasteiger partial charge on any atom is -0.384 e. The van der Waals surface area contributed by atoms with E-state index >= 15 is 0 Å². The number of carbonyl (C=O) groups excluding carboxylic acids is 1. The molecule has 1 saturated heterocycles. The Hall–Kier alpha value is -1.35. The monoisotopic (exact) mass is 307 g/mol. The molecule has 1 fully saturated rings. The zero-order valence-electron chi connectivity index (χ0n) is 12.3. The Bertz CT molecular complexity index is 535. The first-order chi connectivity index (χ1) is 10.2. The van der Waals surface area contributed by atoms with Gasteiger partial charge in [-0.3, -0.25) is 4.79 Å². The maximum atomic E-state index is 12.1.